The first-order chi connectivity index (χ1) is 7.48. The van der Waals surface area contributed by atoms with Crippen LogP contribution in [0.1, 0.15) is 20.3 Å². The topological polar surface area (TPSA) is 67.5 Å². The number of benzene rings is 1. The zero-order chi connectivity index (χ0) is 12.2. The fourth-order valence-electron chi connectivity index (χ4n) is 1.52. The van der Waals surface area contributed by atoms with Crippen LogP contribution in [0.25, 0.3) is 0 Å². The molecule has 0 unspecified atom stereocenters. The molecule has 0 radical (unpaired) electrons. The smallest absolute Gasteiger partial charge is 0.143 e. The van der Waals surface area contributed by atoms with Crippen molar-refractivity contribution >= 4 is 11.4 Å². The molecule has 4 nitrogen and oxygen atoms in total. The van der Waals surface area contributed by atoms with E-state index in [-0.39, 0.29) is 12.1 Å². The molecule has 0 saturated carbocycles. The molecule has 4 heteroatoms. The Hall–Kier alpha value is -1.42. The normalized spacial score (nSPS) is 11.2. The van der Waals surface area contributed by atoms with Gasteiger partial charge in [-0.05, 0) is 32.4 Å². The highest BCUT2D eigenvalue weighted by atomic mass is 16.5. The number of methoxy groups -OCH3 is 1. The molecule has 0 fully saturated rings. The Kier molecular flexibility index (Phi) is 4.01. The van der Waals surface area contributed by atoms with Gasteiger partial charge in [-0.15, -0.1) is 0 Å². The van der Waals surface area contributed by atoms with Crippen LogP contribution < -0.4 is 15.8 Å². The summed E-state index contributed by atoms with van der Waals surface area (Å²) >= 11 is 0. The molecule has 90 valence electrons. The number of hydrogen-bond donors (Lipinski definition) is 3. The monoisotopic (exact) mass is 224 g/mol. The highest BCUT2D eigenvalue weighted by Crippen LogP contribution is 2.27. The van der Waals surface area contributed by atoms with Gasteiger partial charge in [0.1, 0.15) is 5.75 Å². The summed E-state index contributed by atoms with van der Waals surface area (Å²) in [4.78, 5) is 0. The van der Waals surface area contributed by atoms with Crippen LogP contribution in [0.5, 0.6) is 5.75 Å². The average Bonchev–Trinajstić information content (AvgIpc) is 2.20. The number of ether oxygens (including phenoxy) is 1. The molecule has 0 atom stereocenters. The van der Waals surface area contributed by atoms with Crippen LogP contribution in [0.15, 0.2) is 18.2 Å². The molecule has 16 heavy (non-hydrogen) atoms. The van der Waals surface area contributed by atoms with Crippen LogP contribution in [0.2, 0.25) is 0 Å². The number of aliphatic hydroxyl groups is 1. The minimum Gasteiger partial charge on any atom is -0.495 e. The van der Waals surface area contributed by atoms with Crippen molar-refractivity contribution in [1.29, 1.82) is 0 Å². The van der Waals surface area contributed by atoms with Crippen molar-refractivity contribution < 1.29 is 9.84 Å². The van der Waals surface area contributed by atoms with Gasteiger partial charge in [0.25, 0.3) is 0 Å². The van der Waals surface area contributed by atoms with Gasteiger partial charge >= 0.3 is 0 Å². The minimum absolute atomic E-state index is 0.157. The summed E-state index contributed by atoms with van der Waals surface area (Å²) in [5.74, 6) is 0.657. The number of aliphatic hydroxyl groups excluding tert-OH is 1. The Morgan fingerprint density at radius 2 is 2.12 bits per heavy atom. The summed E-state index contributed by atoms with van der Waals surface area (Å²) in [6, 6.07) is 5.56. The summed E-state index contributed by atoms with van der Waals surface area (Å²) in [6.45, 7) is 4.23. The maximum absolute atomic E-state index is 8.94. The molecule has 0 aliphatic rings. The largest absolute Gasteiger partial charge is 0.495 e. The van der Waals surface area contributed by atoms with Gasteiger partial charge in [-0.3, -0.25) is 0 Å². The Bertz CT molecular complexity index is 351. The maximum Gasteiger partial charge on any atom is 0.143 e. The Labute approximate surface area is 96.4 Å². The molecule has 0 spiro atoms. The number of hydrogen-bond acceptors (Lipinski definition) is 4. The zero-order valence-electron chi connectivity index (χ0n) is 10.1. The third-order valence-electron chi connectivity index (χ3n) is 2.45. The Balaban J connectivity index is 2.81. The van der Waals surface area contributed by atoms with Crippen molar-refractivity contribution in [2.24, 2.45) is 0 Å². The van der Waals surface area contributed by atoms with E-state index in [1.54, 1.807) is 13.2 Å². The van der Waals surface area contributed by atoms with Crippen LogP contribution in [0, 0.1) is 0 Å². The van der Waals surface area contributed by atoms with Crippen molar-refractivity contribution in [3.05, 3.63) is 18.2 Å². The first kappa shape index (κ1) is 12.6. The van der Waals surface area contributed by atoms with E-state index in [1.165, 1.54) is 0 Å². The first-order valence-electron chi connectivity index (χ1n) is 5.31. The third-order valence-corrected chi connectivity index (χ3v) is 2.45. The van der Waals surface area contributed by atoms with Crippen molar-refractivity contribution in [2.75, 3.05) is 24.8 Å². The summed E-state index contributed by atoms with van der Waals surface area (Å²) in [6.07, 6.45) is 0.680. The lowest BCUT2D eigenvalue weighted by Crippen LogP contribution is -2.31. The lowest BCUT2D eigenvalue weighted by atomic mass is 10.0. The predicted molar refractivity (Wildman–Crippen MR) is 66.8 cm³/mol. The van der Waals surface area contributed by atoms with Gasteiger partial charge in [0.15, 0.2) is 0 Å². The van der Waals surface area contributed by atoms with Crippen LogP contribution in [-0.2, 0) is 0 Å². The SMILES string of the molecule is COc1cc(NC(C)(C)CCO)ccc1N. The van der Waals surface area contributed by atoms with E-state index < -0.39 is 0 Å². The number of nitrogens with two attached hydrogens (primary N) is 1. The zero-order valence-corrected chi connectivity index (χ0v) is 10.1. The highest BCUT2D eigenvalue weighted by Gasteiger charge is 2.16. The van der Waals surface area contributed by atoms with E-state index in [1.807, 2.05) is 26.0 Å². The fourth-order valence-corrected chi connectivity index (χ4v) is 1.52. The van der Waals surface area contributed by atoms with Gasteiger partial charge in [-0.1, -0.05) is 0 Å². The van der Waals surface area contributed by atoms with E-state index in [0.717, 1.165) is 5.69 Å². The average molecular weight is 224 g/mol. The number of rotatable bonds is 5. The van der Waals surface area contributed by atoms with Crippen LogP contribution in [-0.4, -0.2) is 24.4 Å². The fraction of sp³-hybridized carbons (Fsp3) is 0.500. The van der Waals surface area contributed by atoms with Crippen LogP contribution in [0.3, 0.4) is 0 Å². The Morgan fingerprint density at radius 3 is 2.69 bits per heavy atom. The van der Waals surface area contributed by atoms with Crippen molar-refractivity contribution in [3.8, 4) is 5.75 Å². The van der Waals surface area contributed by atoms with Crippen molar-refractivity contribution in [1.82, 2.24) is 0 Å². The standard InChI is InChI=1S/C12H20N2O2/c1-12(2,6-7-15)14-9-4-5-10(13)11(8-9)16-3/h4-5,8,14-15H,6-7,13H2,1-3H3. The van der Waals surface area contributed by atoms with Gasteiger partial charge < -0.3 is 20.9 Å². The Morgan fingerprint density at radius 1 is 1.44 bits per heavy atom. The minimum atomic E-state index is -0.157. The van der Waals surface area contributed by atoms with Gasteiger partial charge in [0.2, 0.25) is 0 Å². The van der Waals surface area contributed by atoms with E-state index in [0.29, 0.717) is 17.9 Å². The summed E-state index contributed by atoms with van der Waals surface area (Å²) in [5, 5.41) is 12.3. The molecule has 0 aromatic heterocycles. The van der Waals surface area contributed by atoms with E-state index in [9.17, 15) is 0 Å². The number of nitrogens with one attached hydrogen (secondary N) is 1. The number of nitrogen functional groups attached to an aromatic ring is 1. The molecule has 0 saturated heterocycles. The molecule has 0 heterocycles. The molecule has 0 aliphatic carbocycles. The molecule has 1 aromatic rings. The van der Waals surface area contributed by atoms with Gasteiger partial charge in [-0.25, -0.2) is 0 Å². The van der Waals surface area contributed by atoms with Gasteiger partial charge in [0.05, 0.1) is 12.8 Å². The molecular formula is C12H20N2O2. The third kappa shape index (κ3) is 3.31. The van der Waals surface area contributed by atoms with Gasteiger partial charge in [0, 0.05) is 23.9 Å². The second kappa shape index (κ2) is 5.07. The van der Waals surface area contributed by atoms with E-state index >= 15 is 0 Å². The molecule has 4 N–H and O–H groups in total. The maximum atomic E-state index is 8.94. The highest BCUT2D eigenvalue weighted by molar-refractivity contribution is 5.61. The van der Waals surface area contributed by atoms with Crippen LogP contribution in [0.4, 0.5) is 11.4 Å². The summed E-state index contributed by atoms with van der Waals surface area (Å²) in [7, 11) is 1.59. The molecule has 1 aromatic carbocycles. The van der Waals surface area contributed by atoms with Crippen molar-refractivity contribution in [3.63, 3.8) is 0 Å². The lowest BCUT2D eigenvalue weighted by molar-refractivity contribution is 0.261. The number of anilines is 2. The summed E-state index contributed by atoms with van der Waals surface area (Å²) in [5.41, 5.74) is 7.13. The molecule has 0 bridgehead atoms. The van der Waals surface area contributed by atoms with Crippen molar-refractivity contribution in [2.45, 2.75) is 25.8 Å². The predicted octanol–water partition coefficient (Wildman–Crippen LogP) is 1.85. The first-order valence-corrected chi connectivity index (χ1v) is 5.31. The van der Waals surface area contributed by atoms with E-state index in [4.69, 9.17) is 15.6 Å². The van der Waals surface area contributed by atoms with Gasteiger partial charge in [-0.2, -0.15) is 0 Å². The molecule has 1 rings (SSSR count). The second-order valence-electron chi connectivity index (χ2n) is 4.44. The lowest BCUT2D eigenvalue weighted by Gasteiger charge is -2.27. The molecule has 0 aliphatic heterocycles. The second-order valence-corrected chi connectivity index (χ2v) is 4.44. The molecular weight excluding hydrogens is 204 g/mol. The van der Waals surface area contributed by atoms with Crippen LogP contribution >= 0.6 is 0 Å². The quantitative estimate of drug-likeness (QED) is 0.668. The van der Waals surface area contributed by atoms with E-state index in [2.05, 4.69) is 5.32 Å². The summed E-state index contributed by atoms with van der Waals surface area (Å²) < 4.78 is 5.15. The molecule has 0 amide bonds.